The minimum absolute atomic E-state index is 0.0918. The number of carbonyl (C=O) groups excluding carboxylic acids is 2. The van der Waals surface area contributed by atoms with Crippen LogP contribution in [0.1, 0.15) is 107 Å². The van der Waals surface area contributed by atoms with E-state index in [9.17, 15) is 9.59 Å². The molecule has 204 valence electrons. The summed E-state index contributed by atoms with van der Waals surface area (Å²) in [7, 11) is 0. The van der Waals surface area contributed by atoms with Gasteiger partial charge in [-0.15, -0.1) is 0 Å². The van der Waals surface area contributed by atoms with Gasteiger partial charge in [0, 0.05) is 23.9 Å². The normalized spacial score (nSPS) is 11.8. The fourth-order valence-corrected chi connectivity index (χ4v) is 4.70. The number of ether oxygens (including phenoxy) is 1. The molecule has 2 aromatic rings. The number of amides is 2. The maximum atomic E-state index is 12.6. The molecule has 0 spiro atoms. The Morgan fingerprint density at radius 2 is 1.57 bits per heavy atom. The zero-order chi connectivity index (χ0) is 27.5. The van der Waals surface area contributed by atoms with Crippen molar-refractivity contribution in [3.63, 3.8) is 0 Å². The predicted molar refractivity (Wildman–Crippen MR) is 149 cm³/mol. The first-order valence-electron chi connectivity index (χ1n) is 13.6. The van der Waals surface area contributed by atoms with Crippen LogP contribution in [0.25, 0.3) is 0 Å². The molecule has 0 aliphatic heterocycles. The lowest BCUT2D eigenvalue weighted by atomic mass is 9.70. The highest BCUT2D eigenvalue weighted by Gasteiger charge is 2.31. The lowest BCUT2D eigenvalue weighted by Crippen LogP contribution is -2.27. The Hall–Kier alpha value is -2.86. The SMILES string of the molecule is CCC(CC)(c1ccc(C(=O)NCCCCCC(=O)NO)cc1)c1ccc(OCCC(C)(C)C)c(C)c1. The minimum atomic E-state index is -0.380. The second kappa shape index (κ2) is 14.2. The molecule has 0 aliphatic carbocycles. The highest BCUT2D eigenvalue weighted by molar-refractivity contribution is 5.94. The maximum Gasteiger partial charge on any atom is 0.251 e. The van der Waals surface area contributed by atoms with E-state index in [0.29, 0.717) is 25.1 Å². The average Bonchev–Trinajstić information content (AvgIpc) is 2.87. The largest absolute Gasteiger partial charge is 0.493 e. The Balaban J connectivity index is 2.05. The van der Waals surface area contributed by atoms with Gasteiger partial charge in [0.05, 0.1) is 6.61 Å². The molecule has 6 nitrogen and oxygen atoms in total. The van der Waals surface area contributed by atoms with E-state index in [1.807, 2.05) is 12.1 Å². The Kier molecular flexibility index (Phi) is 11.6. The number of rotatable bonds is 14. The van der Waals surface area contributed by atoms with E-state index in [0.717, 1.165) is 43.4 Å². The van der Waals surface area contributed by atoms with Crippen LogP contribution in [0.15, 0.2) is 42.5 Å². The number of hydroxylamine groups is 1. The van der Waals surface area contributed by atoms with E-state index in [2.05, 4.69) is 77.2 Å². The molecule has 0 fully saturated rings. The molecular weight excluding hydrogens is 464 g/mol. The minimum Gasteiger partial charge on any atom is -0.493 e. The number of hydrogen-bond acceptors (Lipinski definition) is 4. The second-order valence-corrected chi connectivity index (χ2v) is 11.1. The third kappa shape index (κ3) is 8.89. The fourth-order valence-electron chi connectivity index (χ4n) is 4.70. The van der Waals surface area contributed by atoms with Gasteiger partial charge in [0.15, 0.2) is 0 Å². The van der Waals surface area contributed by atoms with Gasteiger partial charge in [0.2, 0.25) is 5.91 Å². The molecule has 0 unspecified atom stereocenters. The summed E-state index contributed by atoms with van der Waals surface area (Å²) >= 11 is 0. The first kappa shape index (κ1) is 30.4. The van der Waals surface area contributed by atoms with Crippen molar-refractivity contribution in [3.8, 4) is 5.75 Å². The van der Waals surface area contributed by atoms with Crippen molar-refractivity contribution in [2.45, 2.75) is 91.9 Å². The van der Waals surface area contributed by atoms with Crippen LogP contribution >= 0.6 is 0 Å². The molecule has 2 aromatic carbocycles. The predicted octanol–water partition coefficient (Wildman–Crippen LogP) is 6.71. The number of aryl methyl sites for hydroxylation is 1. The van der Waals surface area contributed by atoms with E-state index >= 15 is 0 Å². The molecule has 2 rings (SSSR count). The third-order valence-corrected chi connectivity index (χ3v) is 7.23. The quantitative estimate of drug-likeness (QED) is 0.150. The second-order valence-electron chi connectivity index (χ2n) is 11.1. The standard InChI is InChI=1S/C31H46N2O4/c1-7-31(8-2,26-17-18-27(23(3)22-26)37-21-19-30(4,5)6)25-15-13-24(14-16-25)29(35)32-20-11-9-10-12-28(34)33-36/h13-18,22,36H,7-12,19-21H2,1-6H3,(H,32,35)(H,33,34). The van der Waals surface area contributed by atoms with Crippen LogP contribution in [0.4, 0.5) is 0 Å². The molecular formula is C31H46N2O4. The van der Waals surface area contributed by atoms with Gasteiger partial charge in [-0.25, -0.2) is 5.48 Å². The van der Waals surface area contributed by atoms with E-state index in [1.165, 1.54) is 11.1 Å². The molecule has 37 heavy (non-hydrogen) atoms. The van der Waals surface area contributed by atoms with E-state index in [-0.39, 0.29) is 29.1 Å². The number of nitrogens with one attached hydrogen (secondary N) is 2. The van der Waals surface area contributed by atoms with Crippen molar-refractivity contribution in [3.05, 3.63) is 64.7 Å². The molecule has 0 aliphatic rings. The summed E-state index contributed by atoms with van der Waals surface area (Å²) in [5.74, 6) is 0.471. The van der Waals surface area contributed by atoms with Crippen LogP contribution in [0.3, 0.4) is 0 Å². The monoisotopic (exact) mass is 510 g/mol. The van der Waals surface area contributed by atoms with Crippen LogP contribution in [0.5, 0.6) is 5.75 Å². The smallest absolute Gasteiger partial charge is 0.251 e. The van der Waals surface area contributed by atoms with Crippen LogP contribution in [-0.4, -0.2) is 30.2 Å². The molecule has 0 saturated heterocycles. The molecule has 0 heterocycles. The van der Waals surface area contributed by atoms with Crippen molar-refractivity contribution < 1.29 is 19.5 Å². The molecule has 0 bridgehead atoms. The maximum absolute atomic E-state index is 12.6. The van der Waals surface area contributed by atoms with Gasteiger partial charge in [0.25, 0.3) is 5.91 Å². The molecule has 0 saturated carbocycles. The lowest BCUT2D eigenvalue weighted by molar-refractivity contribution is -0.129. The first-order valence-corrected chi connectivity index (χ1v) is 13.6. The van der Waals surface area contributed by atoms with Gasteiger partial charge in [-0.3, -0.25) is 14.8 Å². The Labute approximate surface area is 223 Å². The topological polar surface area (TPSA) is 87.7 Å². The van der Waals surface area contributed by atoms with Gasteiger partial charge >= 0.3 is 0 Å². The van der Waals surface area contributed by atoms with Gasteiger partial charge < -0.3 is 10.1 Å². The highest BCUT2D eigenvalue weighted by Crippen LogP contribution is 2.40. The summed E-state index contributed by atoms with van der Waals surface area (Å²) in [4.78, 5) is 23.6. The summed E-state index contributed by atoms with van der Waals surface area (Å²) in [5, 5.41) is 11.5. The first-order chi connectivity index (χ1) is 17.6. The van der Waals surface area contributed by atoms with E-state index in [4.69, 9.17) is 9.94 Å². The molecule has 3 N–H and O–H groups in total. The van der Waals surface area contributed by atoms with Gasteiger partial charge in [-0.2, -0.15) is 0 Å². The molecule has 6 heteroatoms. The van der Waals surface area contributed by atoms with Crippen LogP contribution in [0, 0.1) is 12.3 Å². The number of unbranched alkanes of at least 4 members (excludes halogenated alkanes) is 2. The van der Waals surface area contributed by atoms with Crippen molar-refractivity contribution in [1.82, 2.24) is 10.8 Å². The van der Waals surface area contributed by atoms with Gasteiger partial charge in [-0.1, -0.05) is 65.3 Å². The highest BCUT2D eigenvalue weighted by atomic mass is 16.5. The lowest BCUT2D eigenvalue weighted by Gasteiger charge is -2.34. The van der Waals surface area contributed by atoms with Gasteiger partial charge in [0.1, 0.15) is 5.75 Å². The van der Waals surface area contributed by atoms with E-state index < -0.39 is 0 Å². The number of benzene rings is 2. The van der Waals surface area contributed by atoms with Crippen molar-refractivity contribution in [2.75, 3.05) is 13.2 Å². The molecule has 0 atom stereocenters. The molecule has 0 radical (unpaired) electrons. The summed E-state index contributed by atoms with van der Waals surface area (Å²) < 4.78 is 6.09. The summed E-state index contributed by atoms with van der Waals surface area (Å²) in [6.45, 7) is 14.5. The number of hydrogen-bond donors (Lipinski definition) is 3. The van der Waals surface area contributed by atoms with Crippen molar-refractivity contribution in [1.29, 1.82) is 0 Å². The van der Waals surface area contributed by atoms with Crippen LogP contribution in [0.2, 0.25) is 0 Å². The number of carbonyl (C=O) groups is 2. The average molecular weight is 511 g/mol. The van der Waals surface area contributed by atoms with Crippen molar-refractivity contribution >= 4 is 11.8 Å². The van der Waals surface area contributed by atoms with Crippen LogP contribution < -0.4 is 15.5 Å². The molecule has 2 amide bonds. The van der Waals surface area contributed by atoms with Gasteiger partial charge in [-0.05, 0) is 79.3 Å². The fraction of sp³-hybridized carbons (Fsp3) is 0.548. The third-order valence-electron chi connectivity index (χ3n) is 7.23. The summed E-state index contributed by atoms with van der Waals surface area (Å²) in [6, 6.07) is 14.5. The van der Waals surface area contributed by atoms with Crippen molar-refractivity contribution in [2.24, 2.45) is 5.41 Å². The Morgan fingerprint density at radius 1 is 0.919 bits per heavy atom. The zero-order valence-electron chi connectivity index (χ0n) is 23.6. The summed E-state index contributed by atoms with van der Waals surface area (Å²) in [5.41, 5.74) is 6.00. The van der Waals surface area contributed by atoms with Crippen LogP contribution in [-0.2, 0) is 10.2 Å². The Bertz CT molecular complexity index is 1000. The Morgan fingerprint density at radius 3 is 2.14 bits per heavy atom. The zero-order valence-corrected chi connectivity index (χ0v) is 23.6. The summed E-state index contributed by atoms with van der Waals surface area (Å²) in [6.07, 6.45) is 5.46. The molecule has 0 aromatic heterocycles. The van der Waals surface area contributed by atoms with E-state index in [1.54, 1.807) is 5.48 Å².